The zero-order chi connectivity index (χ0) is 8.85. The van der Waals surface area contributed by atoms with Crippen LogP contribution in [0.1, 0.15) is 13.3 Å². The molecular formula is C6H13N3O2. The van der Waals surface area contributed by atoms with Gasteiger partial charge in [-0.3, -0.25) is 9.79 Å². The number of aliphatic hydroxyl groups is 1. The first-order chi connectivity index (χ1) is 5.07. The van der Waals surface area contributed by atoms with Crippen molar-refractivity contribution in [3.63, 3.8) is 0 Å². The molecule has 0 bridgehead atoms. The van der Waals surface area contributed by atoms with Crippen LogP contribution in [-0.4, -0.2) is 29.5 Å². The molecule has 0 aromatic carbocycles. The van der Waals surface area contributed by atoms with Crippen molar-refractivity contribution >= 4 is 11.7 Å². The van der Waals surface area contributed by atoms with Crippen LogP contribution in [0.15, 0.2) is 4.99 Å². The summed E-state index contributed by atoms with van der Waals surface area (Å²) >= 11 is 0. The molecule has 0 fully saturated rings. The molecule has 0 aromatic heterocycles. The molecule has 0 aliphatic carbocycles. The smallest absolute Gasteiger partial charge is 0.186 e. The fraction of sp³-hybridized carbons (Fsp3) is 0.667. The molecular weight excluding hydrogens is 146 g/mol. The molecule has 5 heteroatoms. The Morgan fingerprint density at radius 2 is 2.18 bits per heavy atom. The van der Waals surface area contributed by atoms with Gasteiger partial charge in [-0.1, -0.05) is 6.92 Å². The molecule has 5 N–H and O–H groups in total. The number of Topliss-reactive ketones (excluding diaryl/α,β-unsaturated/α-hetero) is 1. The van der Waals surface area contributed by atoms with Crippen molar-refractivity contribution in [2.45, 2.75) is 19.4 Å². The number of nitrogens with zero attached hydrogens (tertiary/aromatic N) is 1. The van der Waals surface area contributed by atoms with Crippen LogP contribution in [0.3, 0.4) is 0 Å². The van der Waals surface area contributed by atoms with Gasteiger partial charge in [0.25, 0.3) is 0 Å². The van der Waals surface area contributed by atoms with E-state index >= 15 is 0 Å². The molecule has 0 heterocycles. The summed E-state index contributed by atoms with van der Waals surface area (Å²) in [5, 5.41) is 9.00. The molecule has 1 atom stereocenters. The van der Waals surface area contributed by atoms with Crippen molar-refractivity contribution in [1.29, 1.82) is 0 Å². The highest BCUT2D eigenvalue weighted by molar-refractivity contribution is 5.83. The third kappa shape index (κ3) is 4.32. The van der Waals surface area contributed by atoms with E-state index < -0.39 is 6.10 Å². The number of ketones is 1. The number of carbonyl (C=O) groups is 1. The van der Waals surface area contributed by atoms with Crippen molar-refractivity contribution in [1.82, 2.24) is 0 Å². The van der Waals surface area contributed by atoms with Crippen molar-refractivity contribution in [3.05, 3.63) is 0 Å². The first-order valence-electron chi connectivity index (χ1n) is 3.34. The van der Waals surface area contributed by atoms with Crippen LogP contribution in [0.2, 0.25) is 0 Å². The molecule has 11 heavy (non-hydrogen) atoms. The zero-order valence-corrected chi connectivity index (χ0v) is 6.45. The van der Waals surface area contributed by atoms with Crippen molar-refractivity contribution in [2.24, 2.45) is 16.5 Å². The van der Waals surface area contributed by atoms with E-state index in [0.717, 1.165) is 0 Å². The van der Waals surface area contributed by atoms with Gasteiger partial charge < -0.3 is 16.6 Å². The van der Waals surface area contributed by atoms with Gasteiger partial charge in [-0.15, -0.1) is 0 Å². The minimum Gasteiger partial charge on any atom is -0.383 e. The summed E-state index contributed by atoms with van der Waals surface area (Å²) in [6.07, 6.45) is -0.775. The summed E-state index contributed by atoms with van der Waals surface area (Å²) in [5.41, 5.74) is 9.98. The monoisotopic (exact) mass is 159 g/mol. The number of guanidine groups is 1. The SMILES string of the molecule is CCC(=O)C(O)CN=C(N)N. The van der Waals surface area contributed by atoms with Crippen LogP contribution < -0.4 is 11.5 Å². The Morgan fingerprint density at radius 3 is 2.55 bits per heavy atom. The van der Waals surface area contributed by atoms with Gasteiger partial charge >= 0.3 is 0 Å². The minimum absolute atomic E-state index is 0.0466. The second kappa shape index (κ2) is 4.68. The average molecular weight is 159 g/mol. The van der Waals surface area contributed by atoms with E-state index in [1.54, 1.807) is 6.92 Å². The van der Waals surface area contributed by atoms with Crippen LogP contribution in [0, 0.1) is 0 Å². The Morgan fingerprint density at radius 1 is 1.64 bits per heavy atom. The van der Waals surface area contributed by atoms with Crippen molar-refractivity contribution in [3.8, 4) is 0 Å². The summed E-state index contributed by atoms with van der Waals surface area (Å²) in [6, 6.07) is 0. The highest BCUT2D eigenvalue weighted by Gasteiger charge is 2.10. The van der Waals surface area contributed by atoms with E-state index in [1.165, 1.54) is 0 Å². The predicted molar refractivity (Wildman–Crippen MR) is 42.0 cm³/mol. The molecule has 0 aromatic rings. The van der Waals surface area contributed by atoms with Gasteiger partial charge in [0, 0.05) is 6.42 Å². The van der Waals surface area contributed by atoms with Crippen LogP contribution >= 0.6 is 0 Å². The number of carbonyl (C=O) groups excluding carboxylic acids is 1. The summed E-state index contributed by atoms with van der Waals surface area (Å²) in [6.45, 7) is 1.62. The number of aliphatic hydroxyl groups excluding tert-OH is 1. The Kier molecular flexibility index (Phi) is 4.21. The topological polar surface area (TPSA) is 102 Å². The van der Waals surface area contributed by atoms with Crippen molar-refractivity contribution < 1.29 is 9.90 Å². The number of nitrogens with two attached hydrogens (primary N) is 2. The number of aliphatic imine (C=N–C) groups is 1. The van der Waals surface area contributed by atoms with Gasteiger partial charge in [0.05, 0.1) is 6.54 Å². The Bertz CT molecular complexity index is 163. The van der Waals surface area contributed by atoms with E-state index in [1.807, 2.05) is 0 Å². The quantitative estimate of drug-likeness (QED) is 0.347. The molecule has 0 saturated heterocycles. The maximum atomic E-state index is 10.7. The molecule has 0 saturated carbocycles. The van der Waals surface area contributed by atoms with Crippen molar-refractivity contribution in [2.75, 3.05) is 6.54 Å². The van der Waals surface area contributed by atoms with Gasteiger partial charge in [0.1, 0.15) is 6.10 Å². The van der Waals surface area contributed by atoms with Gasteiger partial charge in [-0.2, -0.15) is 0 Å². The number of hydrogen-bond acceptors (Lipinski definition) is 3. The van der Waals surface area contributed by atoms with Crippen LogP contribution in [-0.2, 0) is 4.79 Å². The fourth-order valence-corrected chi connectivity index (χ4v) is 0.529. The second-order valence-corrected chi connectivity index (χ2v) is 2.10. The first kappa shape index (κ1) is 9.90. The van der Waals surface area contributed by atoms with Crippen LogP contribution in [0.5, 0.6) is 0 Å². The fourth-order valence-electron chi connectivity index (χ4n) is 0.529. The van der Waals surface area contributed by atoms with Gasteiger partial charge in [-0.05, 0) is 0 Å². The van der Waals surface area contributed by atoms with E-state index in [2.05, 4.69) is 4.99 Å². The van der Waals surface area contributed by atoms with Gasteiger partial charge in [-0.25, -0.2) is 0 Å². The normalized spacial score (nSPS) is 12.2. The predicted octanol–water partition coefficient (Wildman–Crippen LogP) is -1.40. The Hall–Kier alpha value is -1.10. The van der Waals surface area contributed by atoms with E-state index in [9.17, 15) is 4.79 Å². The molecule has 5 nitrogen and oxygen atoms in total. The third-order valence-electron chi connectivity index (χ3n) is 1.17. The zero-order valence-electron chi connectivity index (χ0n) is 6.45. The number of rotatable bonds is 4. The van der Waals surface area contributed by atoms with E-state index in [4.69, 9.17) is 16.6 Å². The molecule has 0 rings (SSSR count). The van der Waals surface area contributed by atoms with E-state index in [-0.39, 0.29) is 18.3 Å². The summed E-state index contributed by atoms with van der Waals surface area (Å²) in [5.74, 6) is -0.372. The molecule has 0 spiro atoms. The molecule has 0 aliphatic rings. The molecule has 0 radical (unpaired) electrons. The highest BCUT2D eigenvalue weighted by Crippen LogP contribution is 1.90. The maximum Gasteiger partial charge on any atom is 0.186 e. The molecule has 0 aliphatic heterocycles. The lowest BCUT2D eigenvalue weighted by molar-refractivity contribution is -0.126. The van der Waals surface area contributed by atoms with Crippen LogP contribution in [0.4, 0.5) is 0 Å². The average Bonchev–Trinajstić information content (AvgIpc) is 1.98. The lowest BCUT2D eigenvalue weighted by Crippen LogP contribution is -2.28. The standard InChI is InChI=1S/C6H13N3O2/c1-2-4(10)5(11)3-9-6(7)8/h5,11H,2-3H2,1H3,(H4,7,8,9). The summed E-state index contributed by atoms with van der Waals surface area (Å²) in [7, 11) is 0. The number of hydrogen-bond donors (Lipinski definition) is 3. The summed E-state index contributed by atoms with van der Waals surface area (Å²) < 4.78 is 0. The summed E-state index contributed by atoms with van der Waals surface area (Å²) in [4.78, 5) is 14.2. The van der Waals surface area contributed by atoms with Gasteiger partial charge in [0.15, 0.2) is 11.7 Å². The molecule has 64 valence electrons. The Labute approximate surface area is 65.1 Å². The van der Waals surface area contributed by atoms with Crippen LogP contribution in [0.25, 0.3) is 0 Å². The lowest BCUT2D eigenvalue weighted by Gasteiger charge is -2.03. The first-order valence-corrected chi connectivity index (χ1v) is 3.34. The maximum absolute atomic E-state index is 10.7. The molecule has 1 unspecified atom stereocenters. The van der Waals surface area contributed by atoms with Gasteiger partial charge in [0.2, 0.25) is 0 Å². The lowest BCUT2D eigenvalue weighted by atomic mass is 10.2. The van der Waals surface area contributed by atoms with E-state index in [0.29, 0.717) is 6.42 Å². The largest absolute Gasteiger partial charge is 0.383 e. The minimum atomic E-state index is -1.07. The third-order valence-corrected chi connectivity index (χ3v) is 1.17. The molecule has 0 amide bonds. The highest BCUT2D eigenvalue weighted by atomic mass is 16.3. The Balaban J connectivity index is 3.78. The second-order valence-electron chi connectivity index (χ2n) is 2.10.